The van der Waals surface area contributed by atoms with Crippen LogP contribution in [0, 0.1) is 11.7 Å². The van der Waals surface area contributed by atoms with Crippen molar-refractivity contribution in [3.05, 3.63) is 28.8 Å². The van der Waals surface area contributed by atoms with E-state index in [-0.39, 0.29) is 10.4 Å². The van der Waals surface area contributed by atoms with Gasteiger partial charge in [0, 0.05) is 12.6 Å². The van der Waals surface area contributed by atoms with Gasteiger partial charge in [0.2, 0.25) is 0 Å². The molecule has 1 unspecified atom stereocenters. The predicted molar refractivity (Wildman–Crippen MR) is 80.9 cm³/mol. The Morgan fingerprint density at radius 1 is 1.40 bits per heavy atom. The molecule has 2 aromatic rings. The lowest BCUT2D eigenvalue weighted by Crippen LogP contribution is -2.11. The number of hydrogen-bond donors (Lipinski definition) is 0. The van der Waals surface area contributed by atoms with Crippen LogP contribution in [-0.2, 0) is 6.54 Å². The van der Waals surface area contributed by atoms with Crippen molar-refractivity contribution in [2.75, 3.05) is 0 Å². The van der Waals surface area contributed by atoms with E-state index in [2.05, 4.69) is 9.55 Å². The second kappa shape index (κ2) is 5.53. The molecule has 1 aromatic carbocycles. The highest BCUT2D eigenvalue weighted by Crippen LogP contribution is 2.32. The fraction of sp³-hybridized carbons (Fsp3) is 0.533. The number of nitrogens with zero attached hydrogens (tertiary/aromatic N) is 2. The van der Waals surface area contributed by atoms with Crippen LogP contribution in [0.5, 0.6) is 0 Å². The van der Waals surface area contributed by atoms with Crippen LogP contribution in [-0.4, -0.2) is 9.55 Å². The van der Waals surface area contributed by atoms with Crippen molar-refractivity contribution in [1.29, 1.82) is 0 Å². The molecule has 108 valence electrons. The zero-order chi connectivity index (χ0) is 14.3. The van der Waals surface area contributed by atoms with Gasteiger partial charge in [0.25, 0.3) is 0 Å². The van der Waals surface area contributed by atoms with Crippen molar-refractivity contribution < 1.29 is 4.39 Å². The summed E-state index contributed by atoms with van der Waals surface area (Å²) in [4.78, 5) is 4.54. The van der Waals surface area contributed by atoms with E-state index in [0.717, 1.165) is 23.4 Å². The molecule has 0 N–H and O–H groups in total. The third-order valence-corrected chi connectivity index (χ3v) is 4.58. The normalized spacial score (nSPS) is 18.0. The summed E-state index contributed by atoms with van der Waals surface area (Å²) in [5.41, 5.74) is 1.51. The summed E-state index contributed by atoms with van der Waals surface area (Å²) in [5.74, 6) is 1.04. The van der Waals surface area contributed by atoms with Gasteiger partial charge >= 0.3 is 0 Å². The van der Waals surface area contributed by atoms with Crippen molar-refractivity contribution in [2.24, 2.45) is 5.92 Å². The molecule has 1 fully saturated rings. The average molecular weight is 315 g/mol. The third-order valence-electron chi connectivity index (χ3n) is 4.09. The van der Waals surface area contributed by atoms with Gasteiger partial charge in [0.15, 0.2) is 0 Å². The first-order valence-corrected chi connectivity index (χ1v) is 7.87. The predicted octanol–water partition coefficient (Wildman–Crippen LogP) is 5.32. The SMILES string of the molecule is CC(Cl)c1nc2cc(Cl)c(F)cc2n1CC1CCCC1. The molecule has 1 aromatic heterocycles. The van der Waals surface area contributed by atoms with Crippen LogP contribution in [0.4, 0.5) is 4.39 Å². The van der Waals surface area contributed by atoms with E-state index in [1.165, 1.54) is 31.7 Å². The first-order valence-electron chi connectivity index (χ1n) is 7.05. The highest BCUT2D eigenvalue weighted by atomic mass is 35.5. The summed E-state index contributed by atoms with van der Waals surface area (Å²) >= 11 is 12.1. The number of benzene rings is 1. The Morgan fingerprint density at radius 3 is 2.75 bits per heavy atom. The quantitative estimate of drug-likeness (QED) is 0.701. The molecule has 0 aliphatic heterocycles. The Kier molecular flexibility index (Phi) is 3.91. The fourth-order valence-corrected chi connectivity index (χ4v) is 3.41. The maximum Gasteiger partial charge on any atom is 0.144 e. The first kappa shape index (κ1) is 14.2. The van der Waals surface area contributed by atoms with E-state index < -0.39 is 5.82 Å². The summed E-state index contributed by atoms with van der Waals surface area (Å²) in [7, 11) is 0. The maximum absolute atomic E-state index is 13.7. The number of aromatic nitrogens is 2. The second-order valence-corrected chi connectivity index (χ2v) is 6.66. The van der Waals surface area contributed by atoms with Crippen molar-refractivity contribution in [3.63, 3.8) is 0 Å². The number of rotatable bonds is 3. The third kappa shape index (κ3) is 2.53. The summed E-state index contributed by atoms with van der Waals surface area (Å²) in [6.45, 7) is 2.76. The molecule has 0 spiro atoms. The molecule has 1 aliphatic carbocycles. The minimum atomic E-state index is -0.402. The van der Waals surface area contributed by atoms with E-state index >= 15 is 0 Å². The van der Waals surface area contributed by atoms with Crippen LogP contribution in [0.15, 0.2) is 12.1 Å². The highest BCUT2D eigenvalue weighted by molar-refractivity contribution is 6.31. The lowest BCUT2D eigenvalue weighted by atomic mass is 10.1. The molecule has 0 saturated heterocycles. The Balaban J connectivity index is 2.10. The monoisotopic (exact) mass is 314 g/mol. The van der Waals surface area contributed by atoms with Gasteiger partial charge in [-0.2, -0.15) is 0 Å². The molecule has 1 saturated carbocycles. The van der Waals surface area contributed by atoms with E-state index in [1.54, 1.807) is 6.07 Å². The van der Waals surface area contributed by atoms with Gasteiger partial charge < -0.3 is 4.57 Å². The van der Waals surface area contributed by atoms with Gasteiger partial charge in [-0.15, -0.1) is 11.6 Å². The molecule has 1 atom stereocenters. The molecular weight excluding hydrogens is 298 g/mol. The smallest absolute Gasteiger partial charge is 0.144 e. The molecule has 1 aliphatic rings. The summed E-state index contributed by atoms with van der Waals surface area (Å²) < 4.78 is 15.8. The van der Waals surface area contributed by atoms with Crippen LogP contribution in [0.1, 0.15) is 43.8 Å². The highest BCUT2D eigenvalue weighted by Gasteiger charge is 2.21. The summed E-state index contributed by atoms with van der Waals surface area (Å²) in [6.07, 6.45) is 5.02. The average Bonchev–Trinajstić information content (AvgIpc) is 3.00. The van der Waals surface area contributed by atoms with E-state index in [0.29, 0.717) is 5.92 Å². The molecule has 0 bridgehead atoms. The zero-order valence-electron chi connectivity index (χ0n) is 11.4. The van der Waals surface area contributed by atoms with Crippen molar-refractivity contribution in [1.82, 2.24) is 9.55 Å². The largest absolute Gasteiger partial charge is 0.326 e. The van der Waals surface area contributed by atoms with Crippen LogP contribution < -0.4 is 0 Å². The molecule has 0 radical (unpaired) electrons. The van der Waals surface area contributed by atoms with Gasteiger partial charge in [0.05, 0.1) is 21.4 Å². The Morgan fingerprint density at radius 2 is 2.10 bits per heavy atom. The summed E-state index contributed by atoms with van der Waals surface area (Å²) in [5, 5.41) is -0.0950. The van der Waals surface area contributed by atoms with Gasteiger partial charge in [-0.05, 0) is 31.7 Å². The van der Waals surface area contributed by atoms with E-state index in [1.807, 2.05) is 6.92 Å². The number of alkyl halides is 1. The van der Waals surface area contributed by atoms with Gasteiger partial charge in [0.1, 0.15) is 11.6 Å². The Labute approximate surface area is 127 Å². The molecule has 1 heterocycles. The number of imidazole rings is 1. The van der Waals surface area contributed by atoms with Crippen molar-refractivity contribution in [2.45, 2.75) is 44.5 Å². The summed E-state index contributed by atoms with van der Waals surface area (Å²) in [6, 6.07) is 3.06. The zero-order valence-corrected chi connectivity index (χ0v) is 12.9. The molecule has 0 amide bonds. The standard InChI is InChI=1S/C15H17Cl2FN2/c1-9(16)15-19-13-6-11(17)12(18)7-14(13)20(15)8-10-4-2-3-5-10/h6-7,9-10H,2-5,8H2,1H3. The maximum atomic E-state index is 13.7. The topological polar surface area (TPSA) is 17.8 Å². The molecular formula is C15H17Cl2FN2. The van der Waals surface area contributed by atoms with Crippen molar-refractivity contribution >= 4 is 34.2 Å². The first-order chi connectivity index (χ1) is 9.56. The van der Waals surface area contributed by atoms with Gasteiger partial charge in [-0.3, -0.25) is 0 Å². The molecule has 3 rings (SSSR count). The minimum Gasteiger partial charge on any atom is -0.326 e. The Hall–Kier alpha value is -0.800. The van der Waals surface area contributed by atoms with Crippen LogP contribution >= 0.6 is 23.2 Å². The van der Waals surface area contributed by atoms with Crippen molar-refractivity contribution in [3.8, 4) is 0 Å². The van der Waals surface area contributed by atoms with Gasteiger partial charge in [-0.25, -0.2) is 9.37 Å². The van der Waals surface area contributed by atoms with Crippen LogP contribution in [0.2, 0.25) is 5.02 Å². The Bertz CT molecular complexity index is 630. The molecule has 5 heteroatoms. The number of fused-ring (bicyclic) bond motifs is 1. The van der Waals surface area contributed by atoms with Crippen LogP contribution in [0.25, 0.3) is 11.0 Å². The van der Waals surface area contributed by atoms with Gasteiger partial charge in [-0.1, -0.05) is 24.4 Å². The molecule has 2 nitrogen and oxygen atoms in total. The lowest BCUT2D eigenvalue weighted by Gasteiger charge is -2.15. The number of hydrogen-bond acceptors (Lipinski definition) is 1. The minimum absolute atomic E-state index is 0.108. The fourth-order valence-electron chi connectivity index (χ4n) is 3.09. The second-order valence-electron chi connectivity index (χ2n) is 5.60. The van der Waals surface area contributed by atoms with E-state index in [4.69, 9.17) is 23.2 Å². The van der Waals surface area contributed by atoms with Crippen LogP contribution in [0.3, 0.4) is 0 Å². The van der Waals surface area contributed by atoms with E-state index in [9.17, 15) is 4.39 Å². The number of halogens is 3. The molecule has 20 heavy (non-hydrogen) atoms. The lowest BCUT2D eigenvalue weighted by molar-refractivity contribution is 0.454.